The Labute approximate surface area is 171 Å². The van der Waals surface area contributed by atoms with Crippen LogP contribution in [0, 0.1) is 20.8 Å². The molecule has 8 heteroatoms. The van der Waals surface area contributed by atoms with Crippen LogP contribution in [0.1, 0.15) is 16.7 Å². The van der Waals surface area contributed by atoms with Crippen LogP contribution in [0.4, 0.5) is 5.69 Å². The largest absolute Gasteiger partial charge is 0.483 e. The summed E-state index contributed by atoms with van der Waals surface area (Å²) in [4.78, 5) is 12.5. The second-order valence-electron chi connectivity index (χ2n) is 7.10. The van der Waals surface area contributed by atoms with Crippen molar-refractivity contribution >= 4 is 21.6 Å². The van der Waals surface area contributed by atoms with E-state index in [1.807, 2.05) is 39.0 Å². The Morgan fingerprint density at radius 2 is 1.76 bits per heavy atom. The Morgan fingerprint density at radius 1 is 1.07 bits per heavy atom. The molecule has 1 fully saturated rings. The van der Waals surface area contributed by atoms with E-state index in [1.165, 1.54) is 10.4 Å². The first-order valence-corrected chi connectivity index (χ1v) is 10.9. The van der Waals surface area contributed by atoms with Gasteiger partial charge in [0.05, 0.1) is 18.1 Å². The number of benzene rings is 2. The van der Waals surface area contributed by atoms with Gasteiger partial charge < -0.3 is 14.8 Å². The minimum atomic E-state index is -3.63. The van der Waals surface area contributed by atoms with Gasteiger partial charge in [-0.15, -0.1) is 0 Å². The molecule has 1 aliphatic rings. The normalized spacial score (nSPS) is 15.1. The van der Waals surface area contributed by atoms with Crippen molar-refractivity contribution in [1.29, 1.82) is 0 Å². The predicted molar refractivity (Wildman–Crippen MR) is 111 cm³/mol. The molecule has 0 aliphatic carbocycles. The van der Waals surface area contributed by atoms with Gasteiger partial charge in [0.15, 0.2) is 6.61 Å². The van der Waals surface area contributed by atoms with Crippen LogP contribution in [0.5, 0.6) is 5.75 Å². The Bertz CT molecular complexity index is 998. The van der Waals surface area contributed by atoms with Crippen LogP contribution in [0.3, 0.4) is 0 Å². The summed E-state index contributed by atoms with van der Waals surface area (Å²) in [6, 6.07) is 10.5. The van der Waals surface area contributed by atoms with E-state index < -0.39 is 10.0 Å². The highest BCUT2D eigenvalue weighted by molar-refractivity contribution is 7.89. The topological polar surface area (TPSA) is 84.9 Å². The van der Waals surface area contributed by atoms with E-state index in [9.17, 15) is 13.2 Å². The molecular formula is C21H26N2O5S. The number of nitrogens with one attached hydrogen (secondary N) is 1. The fourth-order valence-corrected chi connectivity index (χ4v) is 4.46. The molecular weight excluding hydrogens is 392 g/mol. The highest BCUT2D eigenvalue weighted by Gasteiger charge is 2.26. The summed E-state index contributed by atoms with van der Waals surface area (Å²) in [6.45, 7) is 6.92. The summed E-state index contributed by atoms with van der Waals surface area (Å²) in [5.41, 5.74) is 3.21. The van der Waals surface area contributed by atoms with Crippen molar-refractivity contribution in [3.05, 3.63) is 53.1 Å². The summed E-state index contributed by atoms with van der Waals surface area (Å²) in [7, 11) is -3.63. The Balaban J connectivity index is 1.71. The van der Waals surface area contributed by atoms with Crippen molar-refractivity contribution in [2.24, 2.45) is 0 Å². The summed E-state index contributed by atoms with van der Waals surface area (Å²) >= 11 is 0. The molecule has 1 heterocycles. The highest BCUT2D eigenvalue weighted by Crippen LogP contribution is 2.24. The SMILES string of the molecule is Cc1ccc(C)c(OCC(=O)Nc2cc(S(=O)(=O)N3CCOCC3)ccc2C)c1. The monoisotopic (exact) mass is 418 g/mol. The third kappa shape index (κ3) is 5.14. The molecule has 1 N–H and O–H groups in total. The molecule has 2 aromatic rings. The number of morpholine rings is 1. The third-order valence-corrected chi connectivity index (χ3v) is 6.69. The van der Waals surface area contributed by atoms with Crippen LogP contribution in [-0.4, -0.2) is 51.5 Å². The van der Waals surface area contributed by atoms with Crippen LogP contribution in [0.15, 0.2) is 41.3 Å². The average molecular weight is 419 g/mol. The quantitative estimate of drug-likeness (QED) is 0.780. The van der Waals surface area contributed by atoms with Crippen LogP contribution in [0.25, 0.3) is 0 Å². The minimum Gasteiger partial charge on any atom is -0.483 e. The fourth-order valence-electron chi connectivity index (χ4n) is 3.02. The second kappa shape index (κ2) is 8.94. The maximum Gasteiger partial charge on any atom is 0.262 e. The van der Waals surface area contributed by atoms with Gasteiger partial charge in [-0.05, 0) is 55.7 Å². The van der Waals surface area contributed by atoms with Crippen LogP contribution >= 0.6 is 0 Å². The zero-order valence-electron chi connectivity index (χ0n) is 16.9. The lowest BCUT2D eigenvalue weighted by atomic mass is 10.1. The predicted octanol–water partition coefficient (Wildman–Crippen LogP) is 2.65. The van der Waals surface area contributed by atoms with Gasteiger partial charge in [0, 0.05) is 18.8 Å². The Morgan fingerprint density at radius 3 is 2.48 bits per heavy atom. The number of aryl methyl sites for hydroxylation is 3. The number of carbonyl (C=O) groups excluding carboxylic acids is 1. The molecule has 0 atom stereocenters. The molecule has 1 saturated heterocycles. The molecule has 0 spiro atoms. The van der Waals surface area contributed by atoms with E-state index in [0.717, 1.165) is 16.7 Å². The molecule has 2 aromatic carbocycles. The number of anilines is 1. The maximum absolute atomic E-state index is 12.8. The maximum atomic E-state index is 12.8. The van der Waals surface area contributed by atoms with Crippen molar-refractivity contribution < 1.29 is 22.7 Å². The first kappa shape index (κ1) is 21.3. The summed E-state index contributed by atoms with van der Waals surface area (Å²) in [5.74, 6) is 0.301. The minimum absolute atomic E-state index is 0.149. The number of amides is 1. The van der Waals surface area contributed by atoms with E-state index in [4.69, 9.17) is 9.47 Å². The van der Waals surface area contributed by atoms with E-state index in [0.29, 0.717) is 37.7 Å². The zero-order chi connectivity index (χ0) is 21.0. The van der Waals surface area contributed by atoms with Gasteiger partial charge in [-0.1, -0.05) is 18.2 Å². The molecule has 0 aromatic heterocycles. The van der Waals surface area contributed by atoms with E-state index >= 15 is 0 Å². The Kier molecular flexibility index (Phi) is 6.56. The molecule has 0 radical (unpaired) electrons. The molecule has 3 rings (SSSR count). The van der Waals surface area contributed by atoms with Crippen molar-refractivity contribution in [2.75, 3.05) is 38.2 Å². The first-order valence-electron chi connectivity index (χ1n) is 9.46. The summed E-state index contributed by atoms with van der Waals surface area (Å²) < 4.78 is 38.0. The third-order valence-electron chi connectivity index (χ3n) is 4.79. The zero-order valence-corrected chi connectivity index (χ0v) is 17.7. The number of sulfonamides is 1. The lowest BCUT2D eigenvalue weighted by molar-refractivity contribution is -0.118. The van der Waals surface area contributed by atoms with E-state index in [-0.39, 0.29) is 17.4 Å². The van der Waals surface area contributed by atoms with Crippen LogP contribution in [-0.2, 0) is 19.6 Å². The van der Waals surface area contributed by atoms with Crippen LogP contribution in [0.2, 0.25) is 0 Å². The van der Waals surface area contributed by atoms with Gasteiger partial charge in [-0.3, -0.25) is 4.79 Å². The van der Waals surface area contributed by atoms with E-state index in [1.54, 1.807) is 12.1 Å². The first-order chi connectivity index (χ1) is 13.8. The number of hydrogen-bond donors (Lipinski definition) is 1. The molecule has 1 aliphatic heterocycles. The highest BCUT2D eigenvalue weighted by atomic mass is 32.2. The molecule has 7 nitrogen and oxygen atoms in total. The Hall–Kier alpha value is -2.42. The molecule has 0 unspecified atom stereocenters. The molecule has 29 heavy (non-hydrogen) atoms. The molecule has 156 valence electrons. The fraction of sp³-hybridized carbons (Fsp3) is 0.381. The standard InChI is InChI=1S/C21H26N2O5S/c1-15-4-5-17(3)20(12-15)28-14-21(24)22-19-13-18(7-6-16(19)2)29(25,26)23-8-10-27-11-9-23/h4-7,12-13H,8-11,14H2,1-3H3,(H,22,24). The second-order valence-corrected chi connectivity index (χ2v) is 9.04. The number of rotatable bonds is 6. The number of ether oxygens (including phenoxy) is 2. The number of carbonyl (C=O) groups is 1. The van der Waals surface area contributed by atoms with Crippen molar-refractivity contribution in [2.45, 2.75) is 25.7 Å². The van der Waals surface area contributed by atoms with Crippen molar-refractivity contribution in [3.8, 4) is 5.75 Å². The van der Waals surface area contributed by atoms with E-state index in [2.05, 4.69) is 5.32 Å². The van der Waals surface area contributed by atoms with Gasteiger partial charge in [0.25, 0.3) is 5.91 Å². The molecule has 0 saturated carbocycles. The van der Waals surface area contributed by atoms with Gasteiger partial charge in [-0.25, -0.2) is 8.42 Å². The number of nitrogens with zero attached hydrogens (tertiary/aromatic N) is 1. The van der Waals surface area contributed by atoms with Gasteiger partial charge in [-0.2, -0.15) is 4.31 Å². The molecule has 1 amide bonds. The lowest BCUT2D eigenvalue weighted by Crippen LogP contribution is -2.40. The summed E-state index contributed by atoms with van der Waals surface area (Å²) in [5, 5.41) is 2.76. The van der Waals surface area contributed by atoms with Crippen LogP contribution < -0.4 is 10.1 Å². The van der Waals surface area contributed by atoms with Gasteiger partial charge in [0.1, 0.15) is 5.75 Å². The lowest BCUT2D eigenvalue weighted by Gasteiger charge is -2.26. The van der Waals surface area contributed by atoms with Crippen molar-refractivity contribution in [3.63, 3.8) is 0 Å². The molecule has 0 bridgehead atoms. The average Bonchev–Trinajstić information content (AvgIpc) is 2.71. The number of hydrogen-bond acceptors (Lipinski definition) is 5. The van der Waals surface area contributed by atoms with Gasteiger partial charge in [0.2, 0.25) is 10.0 Å². The van der Waals surface area contributed by atoms with Crippen molar-refractivity contribution in [1.82, 2.24) is 4.31 Å². The smallest absolute Gasteiger partial charge is 0.262 e. The summed E-state index contributed by atoms with van der Waals surface area (Å²) in [6.07, 6.45) is 0. The van der Waals surface area contributed by atoms with Gasteiger partial charge >= 0.3 is 0 Å².